The third-order valence-electron chi connectivity index (χ3n) is 3.83. The minimum absolute atomic E-state index is 0.160. The van der Waals surface area contributed by atoms with E-state index >= 15 is 0 Å². The maximum atomic E-state index is 12.4. The molecule has 2 amide bonds. The average molecular weight is 428 g/mol. The molecule has 3 rings (SSSR count). The van der Waals surface area contributed by atoms with Gasteiger partial charge in [-0.05, 0) is 84.1 Å². The Morgan fingerprint density at radius 2 is 1.77 bits per heavy atom. The maximum Gasteiger partial charge on any atom is 0.294 e. The quantitative estimate of drug-likeness (QED) is 0.543. The standard InChI is InChI=1S/C16H17IN2O2S/c17-13-6-4-12(5-7-13)10-14-15(20)19(16(21)22-14)11-18-8-2-1-3-9-18/h4-7,10H,1-3,8-9,11H2. The molecule has 6 heteroatoms. The summed E-state index contributed by atoms with van der Waals surface area (Å²) in [7, 11) is 0. The van der Waals surface area contributed by atoms with Crippen molar-refractivity contribution in [3.05, 3.63) is 38.3 Å². The van der Waals surface area contributed by atoms with Crippen molar-refractivity contribution in [2.75, 3.05) is 19.8 Å². The number of benzene rings is 1. The zero-order valence-electron chi connectivity index (χ0n) is 12.1. The molecule has 4 nitrogen and oxygen atoms in total. The summed E-state index contributed by atoms with van der Waals surface area (Å²) in [6.45, 7) is 2.37. The molecule has 0 saturated carbocycles. The molecule has 22 heavy (non-hydrogen) atoms. The van der Waals surface area contributed by atoms with Gasteiger partial charge in [-0.3, -0.25) is 19.4 Å². The van der Waals surface area contributed by atoms with Crippen molar-refractivity contribution < 1.29 is 9.59 Å². The molecule has 2 saturated heterocycles. The van der Waals surface area contributed by atoms with Crippen molar-refractivity contribution in [2.24, 2.45) is 0 Å². The summed E-state index contributed by atoms with van der Waals surface area (Å²) in [6.07, 6.45) is 5.34. The van der Waals surface area contributed by atoms with E-state index in [-0.39, 0.29) is 11.1 Å². The summed E-state index contributed by atoms with van der Waals surface area (Å²) in [5.74, 6) is -0.167. The van der Waals surface area contributed by atoms with E-state index in [2.05, 4.69) is 27.5 Å². The van der Waals surface area contributed by atoms with Gasteiger partial charge >= 0.3 is 0 Å². The summed E-state index contributed by atoms with van der Waals surface area (Å²) in [6, 6.07) is 7.90. The minimum Gasteiger partial charge on any atom is -0.286 e. The van der Waals surface area contributed by atoms with Gasteiger partial charge in [-0.15, -0.1) is 0 Å². The van der Waals surface area contributed by atoms with E-state index in [1.807, 2.05) is 24.3 Å². The molecule has 2 fully saturated rings. The van der Waals surface area contributed by atoms with Gasteiger partial charge in [0.25, 0.3) is 11.1 Å². The van der Waals surface area contributed by atoms with Gasteiger partial charge in [0.1, 0.15) is 0 Å². The summed E-state index contributed by atoms with van der Waals surface area (Å²) in [5.41, 5.74) is 0.948. The lowest BCUT2D eigenvalue weighted by Gasteiger charge is -2.29. The van der Waals surface area contributed by atoms with E-state index in [9.17, 15) is 9.59 Å². The molecular weight excluding hydrogens is 411 g/mol. The number of nitrogens with zero attached hydrogens (tertiary/aromatic N) is 2. The third kappa shape index (κ3) is 3.72. The summed E-state index contributed by atoms with van der Waals surface area (Å²) in [4.78, 5) is 28.6. The van der Waals surface area contributed by atoms with Crippen LogP contribution in [0.1, 0.15) is 24.8 Å². The maximum absolute atomic E-state index is 12.4. The fraction of sp³-hybridized carbons (Fsp3) is 0.375. The molecule has 1 aromatic carbocycles. The first-order valence-corrected chi connectivity index (χ1v) is 9.26. The van der Waals surface area contributed by atoms with Crippen LogP contribution in [0.3, 0.4) is 0 Å². The largest absolute Gasteiger partial charge is 0.294 e. The Bertz CT molecular complexity index is 609. The van der Waals surface area contributed by atoms with Crippen molar-refractivity contribution in [1.82, 2.24) is 9.80 Å². The third-order valence-corrected chi connectivity index (χ3v) is 5.46. The van der Waals surface area contributed by atoms with Crippen LogP contribution in [0.15, 0.2) is 29.2 Å². The lowest BCUT2D eigenvalue weighted by atomic mass is 10.1. The number of likely N-dealkylation sites (tertiary alicyclic amines) is 1. The van der Waals surface area contributed by atoms with Crippen molar-refractivity contribution in [3.8, 4) is 0 Å². The SMILES string of the molecule is O=C1SC(=Cc2ccc(I)cc2)C(=O)N1CN1CCCCC1. The summed E-state index contributed by atoms with van der Waals surface area (Å²) >= 11 is 3.28. The van der Waals surface area contributed by atoms with Crippen LogP contribution in [-0.2, 0) is 4.79 Å². The molecule has 0 aromatic heterocycles. The van der Waals surface area contributed by atoms with Crippen molar-refractivity contribution in [3.63, 3.8) is 0 Å². The average Bonchev–Trinajstić information content (AvgIpc) is 2.78. The number of halogens is 1. The number of imide groups is 1. The number of carbonyl (C=O) groups is 2. The topological polar surface area (TPSA) is 40.6 Å². The zero-order chi connectivity index (χ0) is 15.5. The number of carbonyl (C=O) groups excluding carboxylic acids is 2. The van der Waals surface area contributed by atoms with Crippen molar-refractivity contribution in [1.29, 1.82) is 0 Å². The number of hydrogen-bond donors (Lipinski definition) is 0. The van der Waals surface area contributed by atoms with Crippen molar-refractivity contribution >= 4 is 51.6 Å². The number of rotatable bonds is 3. The fourth-order valence-corrected chi connectivity index (χ4v) is 3.82. The first kappa shape index (κ1) is 16.0. The highest BCUT2D eigenvalue weighted by atomic mass is 127. The van der Waals surface area contributed by atoms with Gasteiger partial charge in [0.05, 0.1) is 11.6 Å². The first-order valence-electron chi connectivity index (χ1n) is 7.37. The summed E-state index contributed by atoms with van der Waals surface area (Å²) in [5, 5.41) is -0.160. The van der Waals surface area contributed by atoms with E-state index < -0.39 is 0 Å². The molecule has 0 aliphatic carbocycles. The lowest BCUT2D eigenvalue weighted by Crippen LogP contribution is -2.42. The van der Waals surface area contributed by atoms with E-state index in [4.69, 9.17) is 0 Å². The van der Waals surface area contributed by atoms with Crippen LogP contribution in [-0.4, -0.2) is 40.7 Å². The zero-order valence-corrected chi connectivity index (χ0v) is 15.1. The van der Waals surface area contributed by atoms with Crippen LogP contribution in [0.4, 0.5) is 4.79 Å². The molecule has 1 aromatic rings. The van der Waals surface area contributed by atoms with Crippen molar-refractivity contribution in [2.45, 2.75) is 19.3 Å². The highest BCUT2D eigenvalue weighted by molar-refractivity contribution is 14.1. The predicted octanol–water partition coefficient (Wildman–Crippen LogP) is 3.77. The van der Waals surface area contributed by atoms with Gasteiger partial charge in [0.2, 0.25) is 0 Å². The molecule has 0 radical (unpaired) electrons. The molecule has 2 aliphatic heterocycles. The van der Waals surface area contributed by atoms with Gasteiger partial charge in [0, 0.05) is 3.57 Å². The predicted molar refractivity (Wildman–Crippen MR) is 97.3 cm³/mol. The van der Waals surface area contributed by atoms with Gasteiger partial charge in [-0.1, -0.05) is 18.6 Å². The van der Waals surface area contributed by atoms with E-state index in [0.29, 0.717) is 11.6 Å². The highest BCUT2D eigenvalue weighted by Crippen LogP contribution is 2.32. The van der Waals surface area contributed by atoms with Crippen LogP contribution < -0.4 is 0 Å². The Hall–Kier alpha value is -0.860. The second-order valence-electron chi connectivity index (χ2n) is 5.48. The number of thioether (sulfide) groups is 1. The number of amides is 2. The molecular formula is C16H17IN2O2S. The highest BCUT2D eigenvalue weighted by Gasteiger charge is 2.36. The second kappa shape index (κ2) is 7.14. The Kier molecular flexibility index (Phi) is 5.20. The molecule has 2 aliphatic rings. The monoisotopic (exact) mass is 428 g/mol. The number of piperidine rings is 1. The normalized spacial score (nSPS) is 21.9. The molecule has 116 valence electrons. The smallest absolute Gasteiger partial charge is 0.286 e. The van der Waals surface area contributed by atoms with Crippen LogP contribution in [0.25, 0.3) is 6.08 Å². The van der Waals surface area contributed by atoms with Gasteiger partial charge in [-0.2, -0.15) is 0 Å². The van der Waals surface area contributed by atoms with Crippen LogP contribution in [0, 0.1) is 3.57 Å². The number of hydrogen-bond acceptors (Lipinski definition) is 4. The fourth-order valence-electron chi connectivity index (χ4n) is 2.63. The summed E-state index contributed by atoms with van der Waals surface area (Å²) < 4.78 is 1.15. The second-order valence-corrected chi connectivity index (χ2v) is 7.72. The molecule has 0 atom stereocenters. The van der Waals surface area contributed by atoms with Gasteiger partial charge in [-0.25, -0.2) is 0 Å². The van der Waals surface area contributed by atoms with Gasteiger partial charge < -0.3 is 0 Å². The van der Waals surface area contributed by atoms with Crippen LogP contribution >= 0.6 is 34.4 Å². The Morgan fingerprint density at radius 3 is 2.45 bits per heavy atom. The molecule has 0 bridgehead atoms. The minimum atomic E-state index is -0.167. The lowest BCUT2D eigenvalue weighted by molar-refractivity contribution is -0.124. The Labute approximate surface area is 148 Å². The first-order chi connectivity index (χ1) is 10.6. The van der Waals surface area contributed by atoms with E-state index in [1.54, 1.807) is 6.08 Å². The molecule has 0 unspecified atom stereocenters. The molecule has 2 heterocycles. The van der Waals surface area contributed by atoms with Gasteiger partial charge in [0.15, 0.2) is 0 Å². The van der Waals surface area contributed by atoms with E-state index in [0.717, 1.165) is 46.8 Å². The molecule has 0 N–H and O–H groups in total. The Morgan fingerprint density at radius 1 is 1.09 bits per heavy atom. The van der Waals surface area contributed by atoms with Crippen LogP contribution in [0.5, 0.6) is 0 Å². The van der Waals surface area contributed by atoms with E-state index in [1.165, 1.54) is 11.3 Å². The molecule has 0 spiro atoms. The Balaban J connectivity index is 1.71. The van der Waals surface area contributed by atoms with Crippen LogP contribution in [0.2, 0.25) is 0 Å².